The normalized spacial score (nSPS) is 10.8. The Hall–Kier alpha value is -1.93. The van der Waals surface area contributed by atoms with Gasteiger partial charge in [0.15, 0.2) is 11.2 Å². The summed E-state index contributed by atoms with van der Waals surface area (Å²) in [6.45, 7) is 6.76. The van der Waals surface area contributed by atoms with E-state index in [-0.39, 0.29) is 24.1 Å². The SMILES string of the molecule is N.[CH2]CCCn1c(=O)c2c(ncn2COCC)n(C)c1=O. The molecule has 117 valence electrons. The Morgan fingerprint density at radius 3 is 2.71 bits per heavy atom. The summed E-state index contributed by atoms with van der Waals surface area (Å²) in [6, 6.07) is 0. The molecule has 0 saturated carbocycles. The highest BCUT2D eigenvalue weighted by atomic mass is 16.5. The van der Waals surface area contributed by atoms with Crippen LogP contribution in [0.5, 0.6) is 0 Å². The predicted octanol–water partition coefficient (Wildman–Crippen LogP) is 0.667. The zero-order valence-corrected chi connectivity index (χ0v) is 12.5. The van der Waals surface area contributed by atoms with Gasteiger partial charge < -0.3 is 15.5 Å². The van der Waals surface area contributed by atoms with Gasteiger partial charge >= 0.3 is 5.69 Å². The lowest BCUT2D eigenvalue weighted by Gasteiger charge is -2.09. The lowest BCUT2D eigenvalue weighted by Crippen LogP contribution is -2.39. The molecule has 0 saturated heterocycles. The lowest BCUT2D eigenvalue weighted by atomic mass is 10.3. The fraction of sp³-hybridized carbons (Fsp3) is 0.538. The highest BCUT2D eigenvalue weighted by molar-refractivity contribution is 5.69. The molecule has 3 N–H and O–H groups in total. The van der Waals surface area contributed by atoms with Crippen LogP contribution in [0.2, 0.25) is 0 Å². The number of nitrogens with zero attached hydrogens (tertiary/aromatic N) is 4. The van der Waals surface area contributed by atoms with Gasteiger partial charge in [-0.3, -0.25) is 13.9 Å². The molecule has 21 heavy (non-hydrogen) atoms. The van der Waals surface area contributed by atoms with E-state index in [9.17, 15) is 9.59 Å². The van der Waals surface area contributed by atoms with Crippen LogP contribution < -0.4 is 17.4 Å². The van der Waals surface area contributed by atoms with Crippen molar-refractivity contribution in [1.29, 1.82) is 0 Å². The van der Waals surface area contributed by atoms with E-state index in [4.69, 9.17) is 4.74 Å². The molecule has 8 heteroatoms. The van der Waals surface area contributed by atoms with Crippen molar-refractivity contribution in [2.45, 2.75) is 33.0 Å². The van der Waals surface area contributed by atoms with Crippen LogP contribution in [-0.2, 0) is 25.1 Å². The van der Waals surface area contributed by atoms with Gasteiger partial charge in [0.2, 0.25) is 0 Å². The van der Waals surface area contributed by atoms with Crippen LogP contribution in [0.25, 0.3) is 11.2 Å². The number of rotatable bonds is 6. The number of fused-ring (bicyclic) bond motifs is 1. The van der Waals surface area contributed by atoms with E-state index >= 15 is 0 Å². The summed E-state index contributed by atoms with van der Waals surface area (Å²) in [4.78, 5) is 28.8. The Balaban J connectivity index is 0.00000220. The molecular formula is C13H22N5O3. The van der Waals surface area contributed by atoms with Gasteiger partial charge in [0.1, 0.15) is 6.73 Å². The van der Waals surface area contributed by atoms with Crippen LogP contribution in [0.4, 0.5) is 0 Å². The van der Waals surface area contributed by atoms with E-state index in [1.165, 1.54) is 15.5 Å². The fourth-order valence-corrected chi connectivity index (χ4v) is 2.08. The maximum Gasteiger partial charge on any atom is 0.332 e. The summed E-state index contributed by atoms with van der Waals surface area (Å²) in [5, 5.41) is 0. The highest BCUT2D eigenvalue weighted by Gasteiger charge is 2.15. The van der Waals surface area contributed by atoms with Crippen LogP contribution >= 0.6 is 0 Å². The Morgan fingerprint density at radius 2 is 2.10 bits per heavy atom. The standard InChI is InChI=1S/C13H19N4O3.H3N/c1-4-6-7-17-12(18)10-11(15(3)13(17)19)14-8-16(10)9-20-5-2;/h8H,1,4-7,9H2,2-3H3;1H3. The largest absolute Gasteiger partial charge is 0.361 e. The van der Waals surface area contributed by atoms with E-state index in [0.29, 0.717) is 37.2 Å². The quantitative estimate of drug-likeness (QED) is 0.843. The summed E-state index contributed by atoms with van der Waals surface area (Å²) < 4.78 is 9.56. The summed E-state index contributed by atoms with van der Waals surface area (Å²) in [7, 11) is 1.61. The van der Waals surface area contributed by atoms with Crippen LogP contribution in [0.1, 0.15) is 19.8 Å². The van der Waals surface area contributed by atoms with Gasteiger partial charge in [0, 0.05) is 20.2 Å². The average molecular weight is 296 g/mol. The summed E-state index contributed by atoms with van der Waals surface area (Å²) in [5.41, 5.74) is 0.0987. The van der Waals surface area contributed by atoms with Gasteiger partial charge in [-0.2, -0.15) is 0 Å². The Bertz CT molecular complexity index is 713. The van der Waals surface area contributed by atoms with E-state index < -0.39 is 0 Å². The van der Waals surface area contributed by atoms with E-state index in [1.54, 1.807) is 11.6 Å². The molecule has 8 nitrogen and oxygen atoms in total. The number of unbranched alkanes of at least 4 members (excludes halogenated alkanes) is 1. The minimum Gasteiger partial charge on any atom is -0.361 e. The summed E-state index contributed by atoms with van der Waals surface area (Å²) in [6.07, 6.45) is 2.87. The molecule has 1 radical (unpaired) electrons. The first-order valence-electron chi connectivity index (χ1n) is 6.63. The van der Waals surface area contributed by atoms with Gasteiger partial charge in [0.25, 0.3) is 5.56 Å². The summed E-state index contributed by atoms with van der Waals surface area (Å²) in [5.74, 6) is 0. The van der Waals surface area contributed by atoms with Crippen LogP contribution in [0.3, 0.4) is 0 Å². The minimum absolute atomic E-state index is 0. The molecule has 0 atom stereocenters. The first kappa shape index (κ1) is 17.1. The van der Waals surface area contributed by atoms with Crippen LogP contribution in [0.15, 0.2) is 15.9 Å². The van der Waals surface area contributed by atoms with Crippen molar-refractivity contribution in [2.75, 3.05) is 6.61 Å². The van der Waals surface area contributed by atoms with Crippen molar-refractivity contribution in [1.82, 2.24) is 24.8 Å². The molecule has 2 aromatic heterocycles. The smallest absolute Gasteiger partial charge is 0.332 e. The lowest BCUT2D eigenvalue weighted by molar-refractivity contribution is 0.0903. The van der Waals surface area contributed by atoms with Crippen molar-refractivity contribution in [3.8, 4) is 0 Å². The molecule has 0 spiro atoms. The van der Waals surface area contributed by atoms with Crippen molar-refractivity contribution in [3.05, 3.63) is 34.1 Å². The molecule has 0 amide bonds. The molecule has 2 aromatic rings. The number of hydrogen-bond donors (Lipinski definition) is 1. The van der Waals surface area contributed by atoms with Crippen LogP contribution in [0, 0.1) is 6.92 Å². The third-order valence-corrected chi connectivity index (χ3v) is 3.17. The molecule has 0 aliphatic rings. The number of aromatic nitrogens is 4. The first-order valence-corrected chi connectivity index (χ1v) is 6.63. The molecule has 2 heterocycles. The summed E-state index contributed by atoms with van der Waals surface area (Å²) >= 11 is 0. The molecular weight excluding hydrogens is 274 g/mol. The molecule has 0 bridgehead atoms. The monoisotopic (exact) mass is 296 g/mol. The number of hydrogen-bond acceptors (Lipinski definition) is 5. The maximum atomic E-state index is 12.5. The Morgan fingerprint density at radius 1 is 1.38 bits per heavy atom. The predicted molar refractivity (Wildman–Crippen MR) is 80.5 cm³/mol. The van der Waals surface area contributed by atoms with E-state index in [0.717, 1.165) is 0 Å². The van der Waals surface area contributed by atoms with Gasteiger partial charge in [-0.05, 0) is 13.3 Å². The number of imidazole rings is 1. The molecule has 0 unspecified atom stereocenters. The third kappa shape index (κ3) is 3.06. The second-order valence-electron chi connectivity index (χ2n) is 4.51. The highest BCUT2D eigenvalue weighted by Crippen LogP contribution is 2.06. The fourth-order valence-electron chi connectivity index (χ4n) is 2.08. The average Bonchev–Trinajstić information content (AvgIpc) is 2.87. The molecule has 0 aromatic carbocycles. The van der Waals surface area contributed by atoms with Crippen molar-refractivity contribution in [3.63, 3.8) is 0 Å². The zero-order valence-electron chi connectivity index (χ0n) is 12.5. The topological polar surface area (TPSA) is 106 Å². The van der Waals surface area contributed by atoms with E-state index in [1.807, 2.05) is 6.92 Å². The van der Waals surface area contributed by atoms with Gasteiger partial charge in [-0.1, -0.05) is 13.3 Å². The minimum atomic E-state index is -0.349. The maximum absolute atomic E-state index is 12.5. The number of ether oxygens (including phenoxy) is 1. The third-order valence-electron chi connectivity index (χ3n) is 3.17. The van der Waals surface area contributed by atoms with Crippen molar-refractivity contribution in [2.24, 2.45) is 7.05 Å². The molecule has 0 aliphatic carbocycles. The van der Waals surface area contributed by atoms with E-state index in [2.05, 4.69) is 11.9 Å². The molecule has 0 aliphatic heterocycles. The second kappa shape index (κ2) is 7.19. The first-order chi connectivity index (χ1) is 9.61. The van der Waals surface area contributed by atoms with Crippen molar-refractivity contribution >= 4 is 11.2 Å². The molecule has 0 fully saturated rings. The van der Waals surface area contributed by atoms with Gasteiger partial charge in [0.05, 0.1) is 6.33 Å². The van der Waals surface area contributed by atoms with Crippen LogP contribution in [-0.4, -0.2) is 25.3 Å². The number of aryl methyl sites for hydroxylation is 1. The second-order valence-corrected chi connectivity index (χ2v) is 4.51. The Labute approximate surface area is 122 Å². The van der Waals surface area contributed by atoms with Gasteiger partial charge in [-0.15, -0.1) is 0 Å². The van der Waals surface area contributed by atoms with Crippen molar-refractivity contribution < 1.29 is 4.74 Å². The molecule has 2 rings (SSSR count). The van der Waals surface area contributed by atoms with Gasteiger partial charge in [-0.25, -0.2) is 9.78 Å². The zero-order chi connectivity index (χ0) is 14.7. The Kier molecular flexibility index (Phi) is 5.86.